The summed E-state index contributed by atoms with van der Waals surface area (Å²) >= 11 is 3.52. The maximum absolute atomic E-state index is 5.75. The highest BCUT2D eigenvalue weighted by Crippen LogP contribution is 2.30. The van der Waals surface area contributed by atoms with Gasteiger partial charge >= 0.3 is 0 Å². The topological polar surface area (TPSA) is 43.9 Å². The molecule has 0 aliphatic rings. The van der Waals surface area contributed by atoms with Crippen molar-refractivity contribution in [3.63, 3.8) is 0 Å². The maximum Gasteiger partial charge on any atom is 0.264 e. The van der Waals surface area contributed by atoms with Gasteiger partial charge in [0.15, 0.2) is 0 Å². The molecule has 0 saturated carbocycles. The van der Waals surface area contributed by atoms with Gasteiger partial charge in [-0.3, -0.25) is 0 Å². The molecule has 0 unspecified atom stereocenters. The fourth-order valence-electron chi connectivity index (χ4n) is 2.50. The summed E-state index contributed by atoms with van der Waals surface area (Å²) in [7, 11) is 0. The third-order valence-corrected chi connectivity index (χ3v) is 3.91. The number of hydrogen-bond donors (Lipinski definition) is 0. The van der Waals surface area contributed by atoms with E-state index in [4.69, 9.17) is 4.42 Å². The maximum atomic E-state index is 5.75. The molecular formula is C16H16BrN3O. The van der Waals surface area contributed by atoms with Crippen LogP contribution in [0.2, 0.25) is 0 Å². The molecule has 0 N–H and O–H groups in total. The lowest BCUT2D eigenvalue weighted by Gasteiger charge is -2.10. The molecule has 2 aromatic heterocycles. The highest BCUT2D eigenvalue weighted by atomic mass is 79.9. The monoisotopic (exact) mass is 345 g/mol. The summed E-state index contributed by atoms with van der Waals surface area (Å²) in [6.07, 6.45) is 0.739. The molecule has 0 saturated heterocycles. The first-order valence-electron chi connectivity index (χ1n) is 6.87. The van der Waals surface area contributed by atoms with Crippen LogP contribution in [0.5, 0.6) is 0 Å². The van der Waals surface area contributed by atoms with Crippen LogP contribution in [-0.2, 0) is 6.42 Å². The van der Waals surface area contributed by atoms with Crippen molar-refractivity contribution in [3.05, 3.63) is 52.0 Å². The van der Waals surface area contributed by atoms with E-state index in [0.717, 1.165) is 33.5 Å². The minimum absolute atomic E-state index is 0.567. The zero-order valence-electron chi connectivity index (χ0n) is 12.2. The zero-order chi connectivity index (χ0) is 15.0. The largest absolute Gasteiger partial charge is 0.419 e. The molecule has 0 radical (unpaired) electrons. The van der Waals surface area contributed by atoms with Crippen LogP contribution in [0, 0.1) is 13.8 Å². The molecule has 0 bridgehead atoms. The second-order valence-corrected chi connectivity index (χ2v) is 5.90. The van der Waals surface area contributed by atoms with Crippen molar-refractivity contribution in [2.45, 2.75) is 27.2 Å². The number of aromatic nitrogens is 3. The predicted molar refractivity (Wildman–Crippen MR) is 85.6 cm³/mol. The van der Waals surface area contributed by atoms with Gasteiger partial charge in [0.05, 0.1) is 0 Å². The summed E-state index contributed by atoms with van der Waals surface area (Å²) in [5.41, 5.74) is 4.29. The number of hydrogen-bond acceptors (Lipinski definition) is 3. The Morgan fingerprint density at radius 2 is 2.00 bits per heavy atom. The first kappa shape index (κ1) is 14.1. The molecule has 2 heterocycles. The smallest absolute Gasteiger partial charge is 0.264 e. The number of halogens is 1. The van der Waals surface area contributed by atoms with Crippen molar-refractivity contribution in [1.82, 2.24) is 14.8 Å². The fraction of sp³-hybridized carbons (Fsp3) is 0.250. The molecule has 0 atom stereocenters. The van der Waals surface area contributed by atoms with Crippen molar-refractivity contribution in [2.75, 3.05) is 0 Å². The number of aryl methyl sites for hydroxylation is 3. The number of nitrogens with zero attached hydrogens (tertiary/aromatic N) is 3. The van der Waals surface area contributed by atoms with Crippen molar-refractivity contribution < 1.29 is 4.42 Å². The molecule has 0 fully saturated rings. The molecule has 0 amide bonds. The highest BCUT2D eigenvalue weighted by molar-refractivity contribution is 9.10. The van der Waals surface area contributed by atoms with Gasteiger partial charge in [0, 0.05) is 22.3 Å². The molecule has 3 rings (SSSR count). The average molecular weight is 346 g/mol. The molecule has 108 valence electrons. The Balaban J connectivity index is 2.21. The van der Waals surface area contributed by atoms with Crippen LogP contribution in [0.1, 0.15) is 24.1 Å². The van der Waals surface area contributed by atoms with Crippen molar-refractivity contribution in [1.29, 1.82) is 0 Å². The lowest BCUT2D eigenvalue weighted by molar-refractivity contribution is 0.510. The lowest BCUT2D eigenvalue weighted by atomic mass is 10.2. The quantitative estimate of drug-likeness (QED) is 0.703. The Labute approximate surface area is 131 Å². The van der Waals surface area contributed by atoms with E-state index < -0.39 is 0 Å². The third kappa shape index (κ3) is 2.53. The average Bonchev–Trinajstić information content (AvgIpc) is 3.02. The Hall–Kier alpha value is -1.88. The van der Waals surface area contributed by atoms with Crippen LogP contribution in [0.25, 0.3) is 17.3 Å². The molecule has 5 heteroatoms. The van der Waals surface area contributed by atoms with Gasteiger partial charge in [-0.25, -0.2) is 0 Å². The highest BCUT2D eigenvalue weighted by Gasteiger charge is 2.18. The van der Waals surface area contributed by atoms with E-state index in [2.05, 4.69) is 62.7 Å². The summed E-state index contributed by atoms with van der Waals surface area (Å²) < 4.78 is 8.93. The van der Waals surface area contributed by atoms with E-state index >= 15 is 0 Å². The molecule has 21 heavy (non-hydrogen) atoms. The van der Waals surface area contributed by atoms with Crippen LogP contribution in [0.15, 0.2) is 39.2 Å². The van der Waals surface area contributed by atoms with Gasteiger partial charge in [0.2, 0.25) is 5.89 Å². The first-order chi connectivity index (χ1) is 10.1. The Bertz CT molecular complexity index is 789. The SMILES string of the molecule is CCc1nnc(-c2c(C)cc(C)n2-c2cccc(Br)c2)o1. The van der Waals surface area contributed by atoms with Gasteiger partial charge in [0.1, 0.15) is 5.69 Å². The van der Waals surface area contributed by atoms with E-state index in [1.165, 1.54) is 0 Å². The second kappa shape index (κ2) is 5.48. The van der Waals surface area contributed by atoms with E-state index in [1.807, 2.05) is 19.1 Å². The normalized spacial score (nSPS) is 11.0. The Kier molecular flexibility index (Phi) is 3.68. The molecule has 0 spiro atoms. The molecule has 0 aliphatic carbocycles. The van der Waals surface area contributed by atoms with Gasteiger partial charge in [-0.15, -0.1) is 10.2 Å². The van der Waals surface area contributed by atoms with Gasteiger partial charge in [-0.2, -0.15) is 0 Å². The number of benzene rings is 1. The Morgan fingerprint density at radius 1 is 1.19 bits per heavy atom. The second-order valence-electron chi connectivity index (χ2n) is 4.99. The van der Waals surface area contributed by atoms with Gasteiger partial charge < -0.3 is 8.98 Å². The third-order valence-electron chi connectivity index (χ3n) is 3.41. The van der Waals surface area contributed by atoms with Crippen LogP contribution in [0.4, 0.5) is 0 Å². The van der Waals surface area contributed by atoms with Crippen molar-refractivity contribution in [2.24, 2.45) is 0 Å². The summed E-state index contributed by atoms with van der Waals surface area (Å²) in [6, 6.07) is 10.3. The van der Waals surface area contributed by atoms with E-state index in [9.17, 15) is 0 Å². The Morgan fingerprint density at radius 3 is 2.67 bits per heavy atom. The standard InChI is InChI=1S/C16H16BrN3O/c1-4-14-18-19-16(21-14)15-10(2)8-11(3)20(15)13-7-5-6-12(17)9-13/h5-9H,4H2,1-3H3. The summed E-state index contributed by atoms with van der Waals surface area (Å²) in [4.78, 5) is 0. The van der Waals surface area contributed by atoms with E-state index in [0.29, 0.717) is 11.8 Å². The zero-order valence-corrected chi connectivity index (χ0v) is 13.8. The molecule has 1 aromatic carbocycles. The van der Waals surface area contributed by atoms with E-state index in [1.54, 1.807) is 0 Å². The van der Waals surface area contributed by atoms with Crippen LogP contribution in [0.3, 0.4) is 0 Å². The van der Waals surface area contributed by atoms with Crippen LogP contribution >= 0.6 is 15.9 Å². The number of rotatable bonds is 3. The van der Waals surface area contributed by atoms with Crippen molar-refractivity contribution in [3.8, 4) is 17.3 Å². The van der Waals surface area contributed by atoms with Gasteiger partial charge in [-0.1, -0.05) is 28.9 Å². The molecule has 4 nitrogen and oxygen atoms in total. The van der Waals surface area contributed by atoms with Crippen LogP contribution < -0.4 is 0 Å². The lowest BCUT2D eigenvalue weighted by Crippen LogP contribution is -1.99. The van der Waals surface area contributed by atoms with E-state index in [-0.39, 0.29) is 0 Å². The molecular weight excluding hydrogens is 330 g/mol. The van der Waals surface area contributed by atoms with Crippen molar-refractivity contribution >= 4 is 15.9 Å². The van der Waals surface area contributed by atoms with Gasteiger partial charge in [0.25, 0.3) is 5.89 Å². The summed E-state index contributed by atoms with van der Waals surface area (Å²) in [5.74, 6) is 1.22. The molecule has 3 aromatic rings. The predicted octanol–water partition coefficient (Wildman–Crippen LogP) is 4.47. The minimum Gasteiger partial charge on any atom is -0.419 e. The summed E-state index contributed by atoms with van der Waals surface area (Å²) in [5, 5.41) is 8.27. The van der Waals surface area contributed by atoms with Crippen LogP contribution in [-0.4, -0.2) is 14.8 Å². The first-order valence-corrected chi connectivity index (χ1v) is 7.67. The summed E-state index contributed by atoms with van der Waals surface area (Å²) in [6.45, 7) is 6.14. The fourth-order valence-corrected chi connectivity index (χ4v) is 2.89. The van der Waals surface area contributed by atoms with Gasteiger partial charge in [-0.05, 0) is 43.7 Å². The minimum atomic E-state index is 0.567. The molecule has 0 aliphatic heterocycles.